The van der Waals surface area contributed by atoms with Gasteiger partial charge in [0.05, 0.1) is 13.2 Å². The van der Waals surface area contributed by atoms with E-state index in [0.29, 0.717) is 5.92 Å². The summed E-state index contributed by atoms with van der Waals surface area (Å²) in [7, 11) is 1.72. The van der Waals surface area contributed by atoms with E-state index in [1.165, 1.54) is 24.0 Å². The Morgan fingerprint density at radius 3 is 2.00 bits per heavy atom. The molecule has 0 aliphatic rings. The first-order chi connectivity index (χ1) is 13.5. The SMILES string of the molecule is COc1ccc([C@@H](CCNCc2ccc(OC(C)C)cc2)CCC(C)C)cc1. The first kappa shape index (κ1) is 22.3. The van der Waals surface area contributed by atoms with Gasteiger partial charge in [-0.1, -0.05) is 44.5 Å². The fraction of sp³-hybridized carbons (Fsp3) is 0.520. The number of hydrogen-bond donors (Lipinski definition) is 1. The highest BCUT2D eigenvalue weighted by molar-refractivity contribution is 5.29. The molecule has 0 bridgehead atoms. The molecule has 3 nitrogen and oxygen atoms in total. The van der Waals surface area contributed by atoms with Gasteiger partial charge in [0.1, 0.15) is 11.5 Å². The van der Waals surface area contributed by atoms with E-state index in [9.17, 15) is 0 Å². The molecule has 0 amide bonds. The molecule has 154 valence electrons. The summed E-state index contributed by atoms with van der Waals surface area (Å²) in [6, 6.07) is 17.0. The van der Waals surface area contributed by atoms with Crippen LogP contribution in [0.2, 0.25) is 0 Å². The summed E-state index contributed by atoms with van der Waals surface area (Å²) in [5.41, 5.74) is 2.71. The van der Waals surface area contributed by atoms with Crippen molar-refractivity contribution < 1.29 is 9.47 Å². The average Bonchev–Trinajstić information content (AvgIpc) is 2.68. The maximum absolute atomic E-state index is 5.71. The van der Waals surface area contributed by atoms with Crippen molar-refractivity contribution in [2.45, 2.75) is 65.5 Å². The monoisotopic (exact) mass is 383 g/mol. The maximum Gasteiger partial charge on any atom is 0.119 e. The Kier molecular flexibility index (Phi) is 9.36. The third-order valence-corrected chi connectivity index (χ3v) is 4.97. The van der Waals surface area contributed by atoms with Gasteiger partial charge >= 0.3 is 0 Å². The number of methoxy groups -OCH3 is 1. The van der Waals surface area contributed by atoms with Crippen molar-refractivity contribution in [2.75, 3.05) is 13.7 Å². The summed E-state index contributed by atoms with van der Waals surface area (Å²) in [5, 5.41) is 3.61. The molecule has 0 aliphatic heterocycles. The van der Waals surface area contributed by atoms with Crippen LogP contribution in [0.15, 0.2) is 48.5 Å². The summed E-state index contributed by atoms with van der Waals surface area (Å²) in [4.78, 5) is 0. The van der Waals surface area contributed by atoms with Crippen molar-refractivity contribution in [1.29, 1.82) is 0 Å². The zero-order valence-corrected chi connectivity index (χ0v) is 18.2. The van der Waals surface area contributed by atoms with Gasteiger partial charge in [0.15, 0.2) is 0 Å². The van der Waals surface area contributed by atoms with Gasteiger partial charge in [-0.05, 0) is 80.5 Å². The van der Waals surface area contributed by atoms with Crippen LogP contribution in [0.1, 0.15) is 64.0 Å². The second-order valence-corrected chi connectivity index (χ2v) is 8.22. The Hall–Kier alpha value is -2.00. The minimum atomic E-state index is 0.213. The lowest BCUT2D eigenvalue weighted by molar-refractivity contribution is 0.242. The molecule has 28 heavy (non-hydrogen) atoms. The summed E-state index contributed by atoms with van der Waals surface area (Å²) >= 11 is 0. The van der Waals surface area contributed by atoms with Crippen LogP contribution in [-0.4, -0.2) is 19.8 Å². The number of nitrogens with one attached hydrogen (secondary N) is 1. The van der Waals surface area contributed by atoms with Crippen molar-refractivity contribution in [3.63, 3.8) is 0 Å². The smallest absolute Gasteiger partial charge is 0.119 e. The molecule has 1 N–H and O–H groups in total. The molecule has 3 heteroatoms. The molecule has 0 saturated heterocycles. The molecule has 0 fully saturated rings. The van der Waals surface area contributed by atoms with E-state index in [-0.39, 0.29) is 6.10 Å². The van der Waals surface area contributed by atoms with Crippen molar-refractivity contribution in [2.24, 2.45) is 5.92 Å². The predicted molar refractivity (Wildman–Crippen MR) is 118 cm³/mol. The van der Waals surface area contributed by atoms with Crippen molar-refractivity contribution in [1.82, 2.24) is 5.32 Å². The maximum atomic E-state index is 5.71. The molecular weight excluding hydrogens is 346 g/mol. The molecule has 2 rings (SSSR count). The highest BCUT2D eigenvalue weighted by Crippen LogP contribution is 2.28. The Bertz CT molecular complexity index is 662. The Morgan fingerprint density at radius 1 is 0.786 bits per heavy atom. The van der Waals surface area contributed by atoms with E-state index in [1.807, 2.05) is 13.8 Å². The highest BCUT2D eigenvalue weighted by atomic mass is 16.5. The van der Waals surface area contributed by atoms with E-state index >= 15 is 0 Å². The summed E-state index contributed by atoms with van der Waals surface area (Å²) < 4.78 is 11.0. The normalized spacial score (nSPS) is 12.4. The molecular formula is C25H37NO2. The standard InChI is InChI=1S/C25H37NO2/c1-19(2)6-9-23(22-10-14-24(27-5)15-11-22)16-17-26-18-21-7-12-25(13-8-21)28-20(3)4/h7-8,10-15,19-20,23,26H,6,9,16-18H2,1-5H3/t23-/m1/s1. The zero-order chi connectivity index (χ0) is 20.4. The fourth-order valence-corrected chi connectivity index (χ4v) is 3.36. The first-order valence-corrected chi connectivity index (χ1v) is 10.6. The van der Waals surface area contributed by atoms with Crippen molar-refractivity contribution in [3.05, 3.63) is 59.7 Å². The average molecular weight is 384 g/mol. The molecule has 0 saturated carbocycles. The predicted octanol–water partition coefficient (Wildman–Crippen LogP) is 6.18. The number of benzene rings is 2. The van der Waals surface area contributed by atoms with E-state index < -0.39 is 0 Å². The van der Waals surface area contributed by atoms with Crippen LogP contribution in [0.4, 0.5) is 0 Å². The third kappa shape index (κ3) is 7.93. The molecule has 0 aliphatic carbocycles. The number of hydrogen-bond acceptors (Lipinski definition) is 3. The second kappa shape index (κ2) is 11.8. The molecule has 0 heterocycles. The Morgan fingerprint density at radius 2 is 1.43 bits per heavy atom. The number of rotatable bonds is 12. The van der Waals surface area contributed by atoms with Crippen LogP contribution >= 0.6 is 0 Å². The molecule has 0 unspecified atom stereocenters. The number of ether oxygens (including phenoxy) is 2. The lowest BCUT2D eigenvalue weighted by Crippen LogP contribution is -2.17. The van der Waals surface area contributed by atoms with Gasteiger partial charge in [-0.25, -0.2) is 0 Å². The minimum Gasteiger partial charge on any atom is -0.497 e. The molecule has 2 aromatic rings. The topological polar surface area (TPSA) is 30.5 Å². The van der Waals surface area contributed by atoms with E-state index in [0.717, 1.165) is 36.9 Å². The Balaban J connectivity index is 1.84. The van der Waals surface area contributed by atoms with Crippen molar-refractivity contribution in [3.8, 4) is 11.5 Å². The van der Waals surface area contributed by atoms with E-state index in [1.54, 1.807) is 7.11 Å². The summed E-state index contributed by atoms with van der Waals surface area (Å²) in [5.74, 6) is 3.18. The zero-order valence-electron chi connectivity index (χ0n) is 18.2. The summed E-state index contributed by atoms with van der Waals surface area (Å²) in [6.07, 6.45) is 3.85. The molecule has 1 atom stereocenters. The molecule has 0 aromatic heterocycles. The molecule has 0 radical (unpaired) electrons. The second-order valence-electron chi connectivity index (χ2n) is 8.22. The van der Waals surface area contributed by atoms with Gasteiger partial charge in [-0.15, -0.1) is 0 Å². The van der Waals surface area contributed by atoms with Gasteiger partial charge in [0, 0.05) is 6.54 Å². The van der Waals surface area contributed by atoms with Gasteiger partial charge in [-0.2, -0.15) is 0 Å². The first-order valence-electron chi connectivity index (χ1n) is 10.6. The minimum absolute atomic E-state index is 0.213. The molecule has 0 spiro atoms. The summed E-state index contributed by atoms with van der Waals surface area (Å²) in [6.45, 7) is 10.6. The highest BCUT2D eigenvalue weighted by Gasteiger charge is 2.12. The lowest BCUT2D eigenvalue weighted by atomic mass is 9.88. The van der Waals surface area contributed by atoms with Gasteiger partial charge in [0.25, 0.3) is 0 Å². The van der Waals surface area contributed by atoms with Crippen LogP contribution < -0.4 is 14.8 Å². The van der Waals surface area contributed by atoms with Gasteiger partial charge in [-0.3, -0.25) is 0 Å². The van der Waals surface area contributed by atoms with Crippen LogP contribution in [0.3, 0.4) is 0 Å². The molecule has 2 aromatic carbocycles. The van der Waals surface area contributed by atoms with Crippen LogP contribution in [0.25, 0.3) is 0 Å². The van der Waals surface area contributed by atoms with Gasteiger partial charge in [0.2, 0.25) is 0 Å². The largest absolute Gasteiger partial charge is 0.497 e. The van der Waals surface area contributed by atoms with Gasteiger partial charge < -0.3 is 14.8 Å². The van der Waals surface area contributed by atoms with E-state index in [2.05, 4.69) is 67.7 Å². The third-order valence-electron chi connectivity index (χ3n) is 4.97. The quantitative estimate of drug-likeness (QED) is 0.444. The Labute approximate surface area is 171 Å². The van der Waals surface area contributed by atoms with Crippen LogP contribution in [-0.2, 0) is 6.54 Å². The lowest BCUT2D eigenvalue weighted by Gasteiger charge is -2.19. The fourth-order valence-electron chi connectivity index (χ4n) is 3.36. The van der Waals surface area contributed by atoms with Crippen molar-refractivity contribution >= 4 is 0 Å². The van der Waals surface area contributed by atoms with Crippen LogP contribution in [0.5, 0.6) is 11.5 Å². The van der Waals surface area contributed by atoms with E-state index in [4.69, 9.17) is 9.47 Å². The van der Waals surface area contributed by atoms with Crippen LogP contribution in [0, 0.1) is 5.92 Å².